The van der Waals surface area contributed by atoms with Crippen LogP contribution in [0.25, 0.3) is 0 Å². The predicted octanol–water partition coefficient (Wildman–Crippen LogP) is 2.17. The molecule has 1 fully saturated rings. The first kappa shape index (κ1) is 11.6. The third kappa shape index (κ3) is 1.58. The minimum atomic E-state index is 0.0922. The van der Waals surface area contributed by atoms with Crippen molar-refractivity contribution in [2.75, 3.05) is 0 Å². The van der Waals surface area contributed by atoms with E-state index in [1.807, 2.05) is 11.7 Å². The molecule has 1 aliphatic carbocycles. The van der Waals surface area contributed by atoms with Gasteiger partial charge in [-0.1, -0.05) is 34.6 Å². The first-order chi connectivity index (χ1) is 7.15. The second-order valence-corrected chi connectivity index (χ2v) is 6.68. The largest absolute Gasteiger partial charge is 0.327 e. The van der Waals surface area contributed by atoms with E-state index in [1.165, 1.54) is 11.3 Å². The van der Waals surface area contributed by atoms with Gasteiger partial charge in [-0.15, -0.1) is 0 Å². The summed E-state index contributed by atoms with van der Waals surface area (Å²) in [6.45, 7) is 11.1. The van der Waals surface area contributed by atoms with Gasteiger partial charge in [-0.25, -0.2) is 0 Å². The molecule has 0 amide bonds. The van der Waals surface area contributed by atoms with Gasteiger partial charge in [0.2, 0.25) is 0 Å². The Labute approximate surface area is 98.0 Å². The van der Waals surface area contributed by atoms with Gasteiger partial charge in [0.15, 0.2) is 0 Å². The number of hydrogen-bond acceptors (Lipinski definition) is 2. The molecule has 0 aliphatic heterocycles. The van der Waals surface area contributed by atoms with Gasteiger partial charge in [0, 0.05) is 30.6 Å². The molecular formula is C13H23N3. The third-order valence-corrected chi connectivity index (χ3v) is 3.81. The predicted molar refractivity (Wildman–Crippen MR) is 66.4 cm³/mol. The quantitative estimate of drug-likeness (QED) is 0.790. The minimum absolute atomic E-state index is 0.0922. The highest BCUT2D eigenvalue weighted by atomic mass is 15.3. The van der Waals surface area contributed by atoms with E-state index in [1.54, 1.807) is 0 Å². The SMILES string of the molecule is Cn1cc([C@@H]2[C@@H](N)C2(C)C)c(C(C)(C)C)n1. The van der Waals surface area contributed by atoms with Crippen molar-refractivity contribution in [2.45, 2.75) is 52.0 Å². The maximum Gasteiger partial charge on any atom is 0.0713 e. The Bertz CT molecular complexity index is 409. The lowest BCUT2D eigenvalue weighted by Crippen LogP contribution is -2.15. The Morgan fingerprint density at radius 1 is 1.38 bits per heavy atom. The average Bonchev–Trinajstić information content (AvgIpc) is 2.46. The van der Waals surface area contributed by atoms with Crippen LogP contribution in [0.4, 0.5) is 0 Å². The summed E-state index contributed by atoms with van der Waals surface area (Å²) < 4.78 is 1.91. The Kier molecular flexibility index (Phi) is 2.26. The van der Waals surface area contributed by atoms with Crippen LogP contribution in [0.15, 0.2) is 6.20 Å². The summed E-state index contributed by atoms with van der Waals surface area (Å²) in [6, 6.07) is 0.276. The zero-order chi connectivity index (χ0) is 12.3. The van der Waals surface area contributed by atoms with E-state index in [4.69, 9.17) is 5.73 Å². The van der Waals surface area contributed by atoms with E-state index in [0.717, 1.165) is 0 Å². The number of hydrogen-bond donors (Lipinski definition) is 1. The molecule has 0 radical (unpaired) electrons. The van der Waals surface area contributed by atoms with E-state index in [2.05, 4.69) is 45.9 Å². The number of aromatic nitrogens is 2. The minimum Gasteiger partial charge on any atom is -0.327 e. The molecule has 1 saturated carbocycles. The van der Waals surface area contributed by atoms with Crippen molar-refractivity contribution in [3.05, 3.63) is 17.5 Å². The molecule has 2 N–H and O–H groups in total. The summed E-state index contributed by atoms with van der Waals surface area (Å²) in [4.78, 5) is 0. The van der Waals surface area contributed by atoms with Crippen LogP contribution in [-0.2, 0) is 12.5 Å². The standard InChI is InChI=1S/C13H23N3/c1-12(2,3)11-8(7-16(6)15-11)9-10(14)13(9,4)5/h7,9-10H,14H2,1-6H3/t9-,10-/m1/s1. The van der Waals surface area contributed by atoms with Crippen LogP contribution in [0, 0.1) is 5.41 Å². The lowest BCUT2D eigenvalue weighted by Gasteiger charge is -2.17. The molecular weight excluding hydrogens is 198 g/mol. The molecule has 1 aromatic rings. The van der Waals surface area contributed by atoms with Gasteiger partial charge in [0.25, 0.3) is 0 Å². The molecule has 2 atom stereocenters. The summed E-state index contributed by atoms with van der Waals surface area (Å²) in [5.74, 6) is 0.468. The van der Waals surface area contributed by atoms with Crippen LogP contribution in [0.3, 0.4) is 0 Å². The van der Waals surface area contributed by atoms with E-state index in [0.29, 0.717) is 5.92 Å². The van der Waals surface area contributed by atoms with Crippen molar-refractivity contribution in [3.8, 4) is 0 Å². The van der Waals surface area contributed by atoms with Gasteiger partial charge < -0.3 is 5.73 Å². The fraction of sp³-hybridized carbons (Fsp3) is 0.769. The van der Waals surface area contributed by atoms with E-state index < -0.39 is 0 Å². The Morgan fingerprint density at radius 2 is 1.88 bits per heavy atom. The molecule has 0 unspecified atom stereocenters. The smallest absolute Gasteiger partial charge is 0.0713 e. The van der Waals surface area contributed by atoms with Crippen LogP contribution in [-0.4, -0.2) is 15.8 Å². The number of nitrogens with two attached hydrogens (primary N) is 1. The Hall–Kier alpha value is -0.830. The summed E-state index contributed by atoms with van der Waals surface area (Å²) in [5, 5.41) is 4.60. The second-order valence-electron chi connectivity index (χ2n) is 6.68. The van der Waals surface area contributed by atoms with Crippen molar-refractivity contribution < 1.29 is 0 Å². The van der Waals surface area contributed by atoms with Gasteiger partial charge in [-0.2, -0.15) is 5.10 Å². The van der Waals surface area contributed by atoms with Gasteiger partial charge in [-0.3, -0.25) is 4.68 Å². The van der Waals surface area contributed by atoms with Gasteiger partial charge in [-0.05, 0) is 11.0 Å². The first-order valence-corrected chi connectivity index (χ1v) is 5.95. The lowest BCUT2D eigenvalue weighted by atomic mass is 9.87. The van der Waals surface area contributed by atoms with Crippen LogP contribution in [0.5, 0.6) is 0 Å². The van der Waals surface area contributed by atoms with E-state index >= 15 is 0 Å². The van der Waals surface area contributed by atoms with Crippen LogP contribution in [0.1, 0.15) is 51.8 Å². The molecule has 0 bridgehead atoms. The third-order valence-electron chi connectivity index (χ3n) is 3.81. The molecule has 1 heterocycles. The van der Waals surface area contributed by atoms with Crippen LogP contribution in [0.2, 0.25) is 0 Å². The number of rotatable bonds is 1. The first-order valence-electron chi connectivity index (χ1n) is 5.95. The van der Waals surface area contributed by atoms with Crippen molar-refractivity contribution in [1.82, 2.24) is 9.78 Å². The molecule has 90 valence electrons. The van der Waals surface area contributed by atoms with Gasteiger partial charge >= 0.3 is 0 Å². The monoisotopic (exact) mass is 221 g/mol. The van der Waals surface area contributed by atoms with E-state index in [-0.39, 0.29) is 16.9 Å². The molecule has 0 spiro atoms. The maximum atomic E-state index is 6.16. The normalized spacial score (nSPS) is 28.2. The van der Waals surface area contributed by atoms with Gasteiger partial charge in [0.1, 0.15) is 0 Å². The van der Waals surface area contributed by atoms with Crippen molar-refractivity contribution in [2.24, 2.45) is 18.2 Å². The van der Waals surface area contributed by atoms with Crippen LogP contribution >= 0.6 is 0 Å². The molecule has 3 heteroatoms. The molecule has 1 aromatic heterocycles. The molecule has 0 saturated heterocycles. The lowest BCUT2D eigenvalue weighted by molar-refractivity contribution is 0.542. The van der Waals surface area contributed by atoms with Crippen molar-refractivity contribution >= 4 is 0 Å². The molecule has 1 aliphatic rings. The molecule has 16 heavy (non-hydrogen) atoms. The van der Waals surface area contributed by atoms with Crippen molar-refractivity contribution in [3.63, 3.8) is 0 Å². The topological polar surface area (TPSA) is 43.8 Å². The highest BCUT2D eigenvalue weighted by Crippen LogP contribution is 2.58. The zero-order valence-corrected chi connectivity index (χ0v) is 11.2. The molecule has 3 nitrogen and oxygen atoms in total. The summed E-state index contributed by atoms with van der Waals surface area (Å²) in [5.41, 5.74) is 9.01. The summed E-state index contributed by atoms with van der Waals surface area (Å²) >= 11 is 0. The highest BCUT2D eigenvalue weighted by molar-refractivity contribution is 5.38. The Balaban J connectivity index is 2.43. The number of nitrogens with zero attached hydrogens (tertiary/aromatic N) is 2. The fourth-order valence-corrected chi connectivity index (χ4v) is 2.59. The summed E-state index contributed by atoms with van der Waals surface area (Å²) in [7, 11) is 1.99. The fourth-order valence-electron chi connectivity index (χ4n) is 2.59. The second kappa shape index (κ2) is 3.10. The van der Waals surface area contributed by atoms with Gasteiger partial charge in [0.05, 0.1) is 5.69 Å². The molecule has 0 aromatic carbocycles. The Morgan fingerprint density at radius 3 is 2.25 bits per heavy atom. The molecule has 2 rings (SSSR count). The van der Waals surface area contributed by atoms with Crippen LogP contribution < -0.4 is 5.73 Å². The average molecular weight is 221 g/mol. The van der Waals surface area contributed by atoms with E-state index in [9.17, 15) is 0 Å². The summed E-state index contributed by atoms with van der Waals surface area (Å²) in [6.07, 6.45) is 2.14. The highest BCUT2D eigenvalue weighted by Gasteiger charge is 2.57. The maximum absolute atomic E-state index is 6.16. The van der Waals surface area contributed by atoms with Crippen molar-refractivity contribution in [1.29, 1.82) is 0 Å². The number of aryl methyl sites for hydroxylation is 1. The zero-order valence-electron chi connectivity index (χ0n) is 11.2.